The van der Waals surface area contributed by atoms with Crippen LogP contribution in [-0.4, -0.2) is 17.7 Å². The number of thiocarbonyl (C=S) groups is 1. The molecule has 0 aromatic carbocycles. The molecule has 4 nitrogen and oxygen atoms in total. The molecule has 1 amide bonds. The lowest BCUT2D eigenvalue weighted by molar-refractivity contribution is 0.150. The molecule has 0 aliphatic rings. The van der Waals surface area contributed by atoms with Crippen molar-refractivity contribution in [3.05, 3.63) is 0 Å². The van der Waals surface area contributed by atoms with E-state index in [0.29, 0.717) is 11.6 Å². The Morgan fingerprint density at radius 3 is 2.60 bits per heavy atom. The van der Waals surface area contributed by atoms with Crippen molar-refractivity contribution in [2.24, 2.45) is 0 Å². The first-order valence-electron chi connectivity index (χ1n) is 2.86. The van der Waals surface area contributed by atoms with E-state index in [-0.39, 0.29) is 0 Å². The third kappa shape index (κ3) is 5.30. The molecule has 0 bridgehead atoms. The van der Waals surface area contributed by atoms with Crippen LogP contribution in [0.5, 0.6) is 0 Å². The average Bonchev–Trinajstić information content (AvgIpc) is 1.85. The number of hydrazine groups is 1. The highest BCUT2D eigenvalue weighted by atomic mass is 32.1. The van der Waals surface area contributed by atoms with E-state index in [4.69, 9.17) is 0 Å². The van der Waals surface area contributed by atoms with E-state index in [2.05, 4.69) is 27.8 Å². The summed E-state index contributed by atoms with van der Waals surface area (Å²) in [5.41, 5.74) is 4.67. The summed E-state index contributed by atoms with van der Waals surface area (Å²) in [5, 5.41) is 0. The smallest absolute Gasteiger partial charge is 0.425 e. The molecule has 0 saturated heterocycles. The molecule has 0 rings (SSSR count). The number of rotatable bonds is 1. The minimum Gasteiger partial charge on any atom is -0.449 e. The van der Waals surface area contributed by atoms with Crippen LogP contribution in [0.1, 0.15) is 13.8 Å². The van der Waals surface area contributed by atoms with Gasteiger partial charge in [0.05, 0.1) is 11.6 Å². The summed E-state index contributed by atoms with van der Waals surface area (Å²) in [6.45, 7) is 3.73. The highest BCUT2D eigenvalue weighted by molar-refractivity contribution is 7.80. The van der Waals surface area contributed by atoms with Crippen molar-refractivity contribution in [2.75, 3.05) is 6.61 Å². The largest absolute Gasteiger partial charge is 0.449 e. The van der Waals surface area contributed by atoms with E-state index in [1.165, 1.54) is 0 Å². The molecule has 0 saturated carbocycles. The van der Waals surface area contributed by atoms with Gasteiger partial charge in [-0.2, -0.15) is 0 Å². The number of nitrogens with one attached hydrogen (secondary N) is 2. The summed E-state index contributed by atoms with van der Waals surface area (Å²) in [5.74, 6) is 0. The zero-order chi connectivity index (χ0) is 7.98. The molecule has 10 heavy (non-hydrogen) atoms. The predicted molar refractivity (Wildman–Crippen MR) is 41.6 cm³/mol. The van der Waals surface area contributed by atoms with Crippen LogP contribution in [-0.2, 0) is 4.74 Å². The van der Waals surface area contributed by atoms with Gasteiger partial charge in [-0.1, -0.05) is 12.2 Å². The number of ether oxygens (including phenoxy) is 1. The molecule has 0 spiro atoms. The molecule has 0 unspecified atom stereocenters. The monoisotopic (exact) mass is 162 g/mol. The second kappa shape index (κ2) is 4.99. The minimum absolute atomic E-state index is 0.351. The van der Waals surface area contributed by atoms with Crippen molar-refractivity contribution >= 4 is 23.3 Å². The van der Waals surface area contributed by atoms with Crippen LogP contribution in [0.15, 0.2) is 0 Å². The van der Waals surface area contributed by atoms with Gasteiger partial charge in [0.25, 0.3) is 0 Å². The third-order valence-corrected chi connectivity index (χ3v) is 0.718. The molecule has 0 aromatic heterocycles. The highest BCUT2D eigenvalue weighted by Crippen LogP contribution is 1.72. The van der Waals surface area contributed by atoms with Gasteiger partial charge < -0.3 is 4.74 Å². The van der Waals surface area contributed by atoms with Crippen LogP contribution in [0.3, 0.4) is 0 Å². The Labute approximate surface area is 64.9 Å². The second-order valence-corrected chi connectivity index (χ2v) is 2.14. The van der Waals surface area contributed by atoms with Crippen molar-refractivity contribution in [2.45, 2.75) is 13.8 Å². The summed E-state index contributed by atoms with van der Waals surface area (Å²) in [6, 6.07) is 0. The van der Waals surface area contributed by atoms with Gasteiger partial charge in [0, 0.05) is 0 Å². The van der Waals surface area contributed by atoms with Gasteiger partial charge in [-0.15, -0.1) is 0 Å². The van der Waals surface area contributed by atoms with Gasteiger partial charge in [0.2, 0.25) is 0 Å². The lowest BCUT2D eigenvalue weighted by atomic mass is 10.8. The molecule has 0 atom stereocenters. The lowest BCUT2D eigenvalue weighted by Gasteiger charge is -2.04. The van der Waals surface area contributed by atoms with Crippen molar-refractivity contribution in [3.63, 3.8) is 0 Å². The molecule has 0 aromatic rings. The van der Waals surface area contributed by atoms with Crippen molar-refractivity contribution < 1.29 is 9.53 Å². The zero-order valence-corrected chi connectivity index (χ0v) is 6.75. The molecule has 0 fully saturated rings. The number of amides is 1. The second-order valence-electron chi connectivity index (χ2n) is 1.53. The Kier molecular flexibility index (Phi) is 4.57. The number of carbonyl (C=O) groups excluding carboxylic acids is 1. The van der Waals surface area contributed by atoms with E-state index in [0.717, 1.165) is 0 Å². The SMILES string of the molecule is CCOC(=O)NNC(C)=S. The zero-order valence-electron chi connectivity index (χ0n) is 5.93. The fraction of sp³-hybridized carbons (Fsp3) is 0.600. The molecule has 0 aliphatic carbocycles. The first kappa shape index (κ1) is 9.16. The Morgan fingerprint density at radius 1 is 1.60 bits per heavy atom. The standard InChI is InChI=1S/C5H10N2O2S/c1-3-9-5(8)7-6-4(2)10/h3H2,1-2H3,(H,6,10)(H,7,8). The Hall–Kier alpha value is -0.840. The molecule has 5 heteroatoms. The Morgan fingerprint density at radius 2 is 2.20 bits per heavy atom. The topological polar surface area (TPSA) is 50.4 Å². The van der Waals surface area contributed by atoms with Gasteiger partial charge in [-0.3, -0.25) is 5.43 Å². The van der Waals surface area contributed by atoms with E-state index in [1.54, 1.807) is 13.8 Å². The van der Waals surface area contributed by atoms with Crippen molar-refractivity contribution in [1.29, 1.82) is 0 Å². The van der Waals surface area contributed by atoms with Crippen molar-refractivity contribution in [3.8, 4) is 0 Å². The van der Waals surface area contributed by atoms with Gasteiger partial charge in [0.15, 0.2) is 0 Å². The van der Waals surface area contributed by atoms with Crippen LogP contribution in [0, 0.1) is 0 Å². The third-order valence-electron chi connectivity index (χ3n) is 0.616. The molecule has 0 heterocycles. The molecule has 58 valence electrons. The molecule has 0 aliphatic heterocycles. The summed E-state index contributed by atoms with van der Waals surface area (Å²) >= 11 is 4.62. The van der Waals surface area contributed by atoms with Gasteiger partial charge in [-0.25, -0.2) is 10.2 Å². The van der Waals surface area contributed by atoms with E-state index in [9.17, 15) is 4.79 Å². The molecule has 2 N–H and O–H groups in total. The average molecular weight is 162 g/mol. The minimum atomic E-state index is -0.522. The van der Waals surface area contributed by atoms with Crippen LogP contribution in [0.25, 0.3) is 0 Å². The van der Waals surface area contributed by atoms with E-state index in [1.807, 2.05) is 0 Å². The fourth-order valence-corrected chi connectivity index (χ4v) is 0.357. The fourth-order valence-electron chi connectivity index (χ4n) is 0.306. The van der Waals surface area contributed by atoms with Gasteiger partial charge in [0.1, 0.15) is 0 Å². The molecule has 0 radical (unpaired) electrons. The normalized spacial score (nSPS) is 8.20. The Balaban J connectivity index is 3.30. The molecular formula is C5H10N2O2S. The van der Waals surface area contributed by atoms with Crippen LogP contribution >= 0.6 is 12.2 Å². The summed E-state index contributed by atoms with van der Waals surface area (Å²) < 4.78 is 4.52. The van der Waals surface area contributed by atoms with Gasteiger partial charge in [-0.05, 0) is 13.8 Å². The summed E-state index contributed by atoms with van der Waals surface area (Å²) in [7, 11) is 0. The van der Waals surface area contributed by atoms with Crippen molar-refractivity contribution in [1.82, 2.24) is 10.9 Å². The maximum atomic E-state index is 10.5. The lowest BCUT2D eigenvalue weighted by Crippen LogP contribution is -2.39. The van der Waals surface area contributed by atoms with E-state index < -0.39 is 6.09 Å². The van der Waals surface area contributed by atoms with Crippen LogP contribution in [0.4, 0.5) is 4.79 Å². The first-order chi connectivity index (χ1) is 4.66. The van der Waals surface area contributed by atoms with Gasteiger partial charge >= 0.3 is 6.09 Å². The number of hydrogen-bond acceptors (Lipinski definition) is 3. The van der Waals surface area contributed by atoms with E-state index >= 15 is 0 Å². The highest BCUT2D eigenvalue weighted by Gasteiger charge is 1.96. The maximum absolute atomic E-state index is 10.5. The Bertz CT molecular complexity index is 138. The first-order valence-corrected chi connectivity index (χ1v) is 3.27. The van der Waals surface area contributed by atoms with Crippen LogP contribution in [0.2, 0.25) is 0 Å². The predicted octanol–water partition coefficient (Wildman–Crippen LogP) is 0.584. The summed E-state index contributed by atoms with van der Waals surface area (Å²) in [6.07, 6.45) is -0.522. The number of hydrogen-bond donors (Lipinski definition) is 2. The molecular weight excluding hydrogens is 152 g/mol. The summed E-state index contributed by atoms with van der Waals surface area (Å²) in [4.78, 5) is 11.0. The quantitative estimate of drug-likeness (QED) is 0.437. The maximum Gasteiger partial charge on any atom is 0.425 e. The van der Waals surface area contributed by atoms with Crippen LogP contribution < -0.4 is 10.9 Å². The number of carbonyl (C=O) groups is 1.